The molecule has 1 amide bonds. The average Bonchev–Trinajstić information content (AvgIpc) is 2.81. The van der Waals surface area contributed by atoms with Crippen molar-refractivity contribution in [2.45, 2.75) is 6.54 Å². The third-order valence-electron chi connectivity index (χ3n) is 2.28. The van der Waals surface area contributed by atoms with Gasteiger partial charge in [-0.3, -0.25) is 14.2 Å². The summed E-state index contributed by atoms with van der Waals surface area (Å²) in [5, 5.41) is 10.7. The second-order valence-corrected chi connectivity index (χ2v) is 3.81. The van der Waals surface area contributed by atoms with Crippen molar-refractivity contribution in [1.82, 2.24) is 24.9 Å². The van der Waals surface area contributed by atoms with E-state index < -0.39 is 0 Å². The number of amides is 1. The van der Waals surface area contributed by atoms with E-state index in [-0.39, 0.29) is 11.6 Å². The van der Waals surface area contributed by atoms with Gasteiger partial charge in [0.2, 0.25) is 0 Å². The van der Waals surface area contributed by atoms with Crippen molar-refractivity contribution >= 4 is 11.6 Å². The van der Waals surface area contributed by atoms with Crippen LogP contribution in [0.1, 0.15) is 16.1 Å². The van der Waals surface area contributed by atoms with Crippen LogP contribution in [0.4, 0.5) is 5.69 Å². The van der Waals surface area contributed by atoms with Crippen molar-refractivity contribution in [3.05, 3.63) is 29.8 Å². The molecule has 90 valence electrons. The van der Waals surface area contributed by atoms with Crippen LogP contribution in [0.2, 0.25) is 0 Å². The van der Waals surface area contributed by atoms with Gasteiger partial charge in [0.05, 0.1) is 11.9 Å². The molecule has 3 N–H and O–H groups in total. The summed E-state index contributed by atoms with van der Waals surface area (Å²) in [6.45, 7) is 0.405. The summed E-state index contributed by atoms with van der Waals surface area (Å²) in [5.74, 6) is -0.285. The van der Waals surface area contributed by atoms with Gasteiger partial charge in [-0.2, -0.15) is 10.2 Å². The fraction of sp³-hybridized carbons (Fsp3) is 0.300. The maximum absolute atomic E-state index is 11.8. The van der Waals surface area contributed by atoms with Gasteiger partial charge in [-0.1, -0.05) is 0 Å². The molecule has 2 aromatic heterocycles. The number of anilines is 1. The number of carbonyl (C=O) groups excluding carboxylic acids is 1. The predicted molar refractivity (Wildman–Crippen MR) is 62.0 cm³/mol. The van der Waals surface area contributed by atoms with Gasteiger partial charge in [-0.15, -0.1) is 0 Å². The third-order valence-corrected chi connectivity index (χ3v) is 2.28. The molecular formula is C10H14N6O. The first-order chi connectivity index (χ1) is 8.06. The highest BCUT2D eigenvalue weighted by atomic mass is 16.1. The first kappa shape index (κ1) is 11.2. The van der Waals surface area contributed by atoms with Crippen LogP contribution >= 0.6 is 0 Å². The van der Waals surface area contributed by atoms with Gasteiger partial charge < -0.3 is 11.1 Å². The second kappa shape index (κ2) is 4.28. The Balaban J connectivity index is 2.00. The van der Waals surface area contributed by atoms with E-state index >= 15 is 0 Å². The molecule has 2 aromatic rings. The van der Waals surface area contributed by atoms with E-state index in [1.165, 1.54) is 4.68 Å². The first-order valence-electron chi connectivity index (χ1n) is 5.11. The number of hydrogen-bond acceptors (Lipinski definition) is 4. The Morgan fingerprint density at radius 2 is 2.18 bits per heavy atom. The Hall–Kier alpha value is -2.31. The van der Waals surface area contributed by atoms with E-state index in [1.807, 2.05) is 13.2 Å². The highest BCUT2D eigenvalue weighted by molar-refractivity contribution is 5.96. The molecular weight excluding hydrogens is 220 g/mol. The van der Waals surface area contributed by atoms with E-state index in [2.05, 4.69) is 15.5 Å². The number of nitrogen functional groups attached to an aromatic ring is 1. The molecule has 0 unspecified atom stereocenters. The normalized spacial score (nSPS) is 10.5. The molecule has 7 nitrogen and oxygen atoms in total. The van der Waals surface area contributed by atoms with E-state index in [1.54, 1.807) is 24.1 Å². The zero-order chi connectivity index (χ0) is 12.4. The monoisotopic (exact) mass is 234 g/mol. The molecule has 0 aromatic carbocycles. The zero-order valence-electron chi connectivity index (χ0n) is 9.71. The number of rotatable bonds is 3. The number of aromatic nitrogens is 4. The topological polar surface area (TPSA) is 90.8 Å². The Morgan fingerprint density at radius 3 is 2.71 bits per heavy atom. The number of hydrogen-bond donors (Lipinski definition) is 2. The molecule has 0 atom stereocenters. The van der Waals surface area contributed by atoms with Crippen LogP contribution in [0.5, 0.6) is 0 Å². The van der Waals surface area contributed by atoms with Crippen molar-refractivity contribution < 1.29 is 4.79 Å². The molecule has 0 spiro atoms. The third kappa shape index (κ3) is 2.44. The Morgan fingerprint density at radius 1 is 1.41 bits per heavy atom. The van der Waals surface area contributed by atoms with Crippen LogP contribution in [0.3, 0.4) is 0 Å². The summed E-state index contributed by atoms with van der Waals surface area (Å²) in [6.07, 6.45) is 5.13. The number of aryl methyl sites for hydroxylation is 2. The molecule has 0 bridgehead atoms. The van der Waals surface area contributed by atoms with Gasteiger partial charge in [-0.05, 0) is 0 Å². The summed E-state index contributed by atoms with van der Waals surface area (Å²) in [4.78, 5) is 11.8. The maximum Gasteiger partial charge on any atom is 0.274 e. The number of carbonyl (C=O) groups is 1. The smallest absolute Gasteiger partial charge is 0.274 e. The fourth-order valence-corrected chi connectivity index (χ4v) is 1.51. The van der Waals surface area contributed by atoms with E-state index in [9.17, 15) is 4.79 Å². The molecule has 0 aliphatic carbocycles. The molecule has 2 rings (SSSR count). The van der Waals surface area contributed by atoms with Crippen LogP contribution < -0.4 is 11.1 Å². The predicted octanol–water partition coefficient (Wildman–Crippen LogP) is -0.334. The number of nitrogens with one attached hydrogen (secondary N) is 1. The molecule has 0 saturated carbocycles. The lowest BCUT2D eigenvalue weighted by molar-refractivity contribution is 0.0946. The fourth-order valence-electron chi connectivity index (χ4n) is 1.51. The molecule has 7 heteroatoms. The quantitative estimate of drug-likeness (QED) is 0.760. The molecule has 0 fully saturated rings. The lowest BCUT2D eigenvalue weighted by Crippen LogP contribution is -2.24. The van der Waals surface area contributed by atoms with E-state index in [0.29, 0.717) is 12.2 Å². The summed E-state index contributed by atoms with van der Waals surface area (Å²) in [5.41, 5.74) is 7.20. The molecule has 0 aliphatic heterocycles. The van der Waals surface area contributed by atoms with Crippen molar-refractivity contribution in [3.63, 3.8) is 0 Å². The second-order valence-electron chi connectivity index (χ2n) is 3.81. The summed E-state index contributed by atoms with van der Waals surface area (Å²) in [6, 6.07) is 0. The van der Waals surface area contributed by atoms with Crippen LogP contribution in [0.15, 0.2) is 18.6 Å². The summed E-state index contributed by atoms with van der Waals surface area (Å²) in [7, 11) is 3.54. The average molecular weight is 234 g/mol. The molecule has 17 heavy (non-hydrogen) atoms. The van der Waals surface area contributed by atoms with Crippen LogP contribution in [0, 0.1) is 0 Å². The van der Waals surface area contributed by atoms with Crippen LogP contribution in [0.25, 0.3) is 0 Å². The zero-order valence-corrected chi connectivity index (χ0v) is 9.71. The molecule has 2 heterocycles. The van der Waals surface area contributed by atoms with Crippen molar-refractivity contribution in [3.8, 4) is 0 Å². The summed E-state index contributed by atoms with van der Waals surface area (Å²) < 4.78 is 3.19. The minimum atomic E-state index is -0.285. The van der Waals surface area contributed by atoms with Gasteiger partial charge in [0.1, 0.15) is 0 Å². The first-order valence-corrected chi connectivity index (χ1v) is 5.11. The molecule has 0 aliphatic rings. The van der Waals surface area contributed by atoms with Crippen molar-refractivity contribution in [2.24, 2.45) is 14.1 Å². The number of nitrogens with zero attached hydrogens (tertiary/aromatic N) is 4. The SMILES string of the molecule is Cn1cc(CNC(=O)c2nn(C)cc2N)cn1. The highest BCUT2D eigenvalue weighted by Gasteiger charge is 2.13. The van der Waals surface area contributed by atoms with E-state index in [0.717, 1.165) is 5.56 Å². The van der Waals surface area contributed by atoms with Gasteiger partial charge in [0.15, 0.2) is 5.69 Å². The Bertz CT molecular complexity index is 541. The van der Waals surface area contributed by atoms with Gasteiger partial charge >= 0.3 is 0 Å². The van der Waals surface area contributed by atoms with Crippen molar-refractivity contribution in [2.75, 3.05) is 5.73 Å². The van der Waals surface area contributed by atoms with Crippen molar-refractivity contribution in [1.29, 1.82) is 0 Å². The molecule has 0 radical (unpaired) electrons. The lowest BCUT2D eigenvalue weighted by Gasteiger charge is -2.01. The van der Waals surface area contributed by atoms with Gasteiger partial charge in [0.25, 0.3) is 5.91 Å². The largest absolute Gasteiger partial charge is 0.396 e. The minimum absolute atomic E-state index is 0.247. The van der Waals surface area contributed by atoms with Crippen LogP contribution in [-0.2, 0) is 20.6 Å². The Kier molecular flexibility index (Phi) is 2.82. The molecule has 0 saturated heterocycles. The van der Waals surface area contributed by atoms with Gasteiger partial charge in [0, 0.05) is 38.6 Å². The van der Waals surface area contributed by atoms with E-state index in [4.69, 9.17) is 5.73 Å². The number of nitrogens with two attached hydrogens (primary N) is 1. The van der Waals surface area contributed by atoms with Crippen LogP contribution in [-0.4, -0.2) is 25.5 Å². The minimum Gasteiger partial charge on any atom is -0.396 e. The highest BCUT2D eigenvalue weighted by Crippen LogP contribution is 2.07. The maximum atomic E-state index is 11.8. The summed E-state index contributed by atoms with van der Waals surface area (Å²) >= 11 is 0. The standard InChI is InChI=1S/C10H14N6O/c1-15-5-7(4-13-15)3-12-10(17)9-8(11)6-16(2)14-9/h4-6H,3,11H2,1-2H3,(H,12,17). The Labute approximate surface area is 98.2 Å². The van der Waals surface area contributed by atoms with Gasteiger partial charge in [-0.25, -0.2) is 0 Å². The lowest BCUT2D eigenvalue weighted by atomic mass is 10.3.